The quantitative estimate of drug-likeness (QED) is 0.427. The number of thioether (sulfide) groups is 1. The summed E-state index contributed by atoms with van der Waals surface area (Å²) >= 11 is -0.226. The molecule has 0 aliphatic carbocycles. The molecule has 0 aromatic heterocycles. The molecule has 0 spiro atoms. The van der Waals surface area contributed by atoms with E-state index in [0.29, 0.717) is 5.56 Å². The smallest absolute Gasteiger partial charge is 0.446 e. The lowest BCUT2D eigenvalue weighted by Crippen LogP contribution is -2.30. The zero-order valence-electron chi connectivity index (χ0n) is 12.7. The van der Waals surface area contributed by atoms with Crippen LogP contribution >= 0.6 is 11.8 Å². The van der Waals surface area contributed by atoms with Gasteiger partial charge in [0.25, 0.3) is 0 Å². The Balaban J connectivity index is 2.82. The Morgan fingerprint density at radius 1 is 1.04 bits per heavy atom. The second-order valence-electron chi connectivity index (χ2n) is 4.45. The molecule has 0 aliphatic rings. The second kappa shape index (κ2) is 8.81. The molecule has 0 amide bonds. The van der Waals surface area contributed by atoms with Crippen LogP contribution in [-0.4, -0.2) is 30.7 Å². The first-order chi connectivity index (χ1) is 10.8. The molecule has 0 aliphatic heterocycles. The van der Waals surface area contributed by atoms with Gasteiger partial charge in [-0.3, -0.25) is 9.59 Å². The van der Waals surface area contributed by atoms with Gasteiger partial charge in [-0.15, -0.1) is 0 Å². The number of esters is 2. The largest absolute Gasteiger partial charge is 0.465 e. The fourth-order valence-corrected chi connectivity index (χ4v) is 2.35. The van der Waals surface area contributed by atoms with Crippen LogP contribution in [-0.2, 0) is 25.5 Å². The molecule has 0 bridgehead atoms. The molecule has 0 saturated carbocycles. The van der Waals surface area contributed by atoms with Crippen LogP contribution in [0.3, 0.4) is 0 Å². The van der Waals surface area contributed by atoms with Gasteiger partial charge in [0, 0.05) is 4.90 Å². The summed E-state index contributed by atoms with van der Waals surface area (Å²) in [5.74, 6) is -2.55. The van der Waals surface area contributed by atoms with E-state index in [2.05, 4.69) is 0 Å². The molecule has 0 fully saturated rings. The normalized spacial score (nSPS) is 11.4. The number of ether oxygens (including phenoxy) is 2. The van der Waals surface area contributed by atoms with E-state index in [9.17, 15) is 22.8 Å². The summed E-state index contributed by atoms with van der Waals surface area (Å²) < 4.78 is 46.5. The Hall–Kier alpha value is -1.70. The molecule has 1 rings (SSSR count). The maximum Gasteiger partial charge on any atom is 0.446 e. The van der Waals surface area contributed by atoms with E-state index in [-0.39, 0.29) is 36.3 Å². The van der Waals surface area contributed by atoms with E-state index in [1.54, 1.807) is 13.8 Å². The van der Waals surface area contributed by atoms with E-state index >= 15 is 0 Å². The van der Waals surface area contributed by atoms with Gasteiger partial charge in [-0.1, -0.05) is 12.1 Å². The first-order valence-corrected chi connectivity index (χ1v) is 7.76. The fourth-order valence-electron chi connectivity index (χ4n) is 1.81. The average Bonchev–Trinajstić information content (AvgIpc) is 2.45. The molecule has 1 aromatic rings. The molecule has 0 heterocycles. The van der Waals surface area contributed by atoms with Crippen molar-refractivity contribution in [2.75, 3.05) is 13.2 Å². The number of hydrogen-bond donors (Lipinski definition) is 0. The van der Waals surface area contributed by atoms with Crippen LogP contribution in [0.1, 0.15) is 19.4 Å². The molecule has 0 N–H and O–H groups in total. The number of benzene rings is 1. The van der Waals surface area contributed by atoms with Gasteiger partial charge >= 0.3 is 17.4 Å². The Kier molecular flexibility index (Phi) is 7.41. The lowest BCUT2D eigenvalue weighted by Gasteiger charge is -2.14. The van der Waals surface area contributed by atoms with Crippen LogP contribution in [0.25, 0.3) is 0 Å². The topological polar surface area (TPSA) is 52.6 Å². The third kappa shape index (κ3) is 6.94. The van der Waals surface area contributed by atoms with Crippen molar-refractivity contribution in [2.24, 2.45) is 5.92 Å². The van der Waals surface area contributed by atoms with Gasteiger partial charge in [0.05, 0.1) is 13.2 Å². The van der Waals surface area contributed by atoms with Gasteiger partial charge in [0.1, 0.15) is 0 Å². The van der Waals surface area contributed by atoms with Crippen molar-refractivity contribution < 1.29 is 32.2 Å². The Bertz CT molecular complexity index is 511. The summed E-state index contributed by atoms with van der Waals surface area (Å²) in [6, 6.07) is 5.47. The van der Waals surface area contributed by atoms with Crippen LogP contribution in [0.4, 0.5) is 13.2 Å². The fraction of sp³-hybridized carbons (Fsp3) is 0.467. The van der Waals surface area contributed by atoms with Gasteiger partial charge < -0.3 is 9.47 Å². The van der Waals surface area contributed by atoms with E-state index < -0.39 is 23.4 Å². The van der Waals surface area contributed by atoms with Crippen molar-refractivity contribution in [1.82, 2.24) is 0 Å². The minimum Gasteiger partial charge on any atom is -0.465 e. The summed E-state index contributed by atoms with van der Waals surface area (Å²) in [6.45, 7) is 3.47. The first-order valence-electron chi connectivity index (χ1n) is 6.94. The van der Waals surface area contributed by atoms with Gasteiger partial charge in [0.2, 0.25) is 0 Å². The molecular weight excluding hydrogens is 333 g/mol. The van der Waals surface area contributed by atoms with Crippen LogP contribution in [0, 0.1) is 5.92 Å². The molecule has 23 heavy (non-hydrogen) atoms. The lowest BCUT2D eigenvalue weighted by molar-refractivity contribution is -0.161. The maximum absolute atomic E-state index is 12.3. The SMILES string of the molecule is CCOC(=O)C(Cc1ccc(SC(F)(F)F)cc1)C(=O)OCC. The second-order valence-corrected chi connectivity index (χ2v) is 5.59. The zero-order chi connectivity index (χ0) is 17.5. The highest BCUT2D eigenvalue weighted by Crippen LogP contribution is 2.36. The number of halogens is 3. The molecule has 1 aromatic carbocycles. The van der Waals surface area contributed by atoms with Crippen molar-refractivity contribution >= 4 is 23.7 Å². The summed E-state index contributed by atoms with van der Waals surface area (Å²) in [5, 5.41) is 0. The highest BCUT2D eigenvalue weighted by molar-refractivity contribution is 8.00. The molecule has 4 nitrogen and oxygen atoms in total. The van der Waals surface area contributed by atoms with Gasteiger partial charge in [0.15, 0.2) is 5.92 Å². The van der Waals surface area contributed by atoms with Crippen LogP contribution in [0.15, 0.2) is 29.2 Å². The van der Waals surface area contributed by atoms with E-state index in [1.807, 2.05) is 0 Å². The van der Waals surface area contributed by atoms with Crippen LogP contribution in [0.5, 0.6) is 0 Å². The van der Waals surface area contributed by atoms with Gasteiger partial charge in [-0.25, -0.2) is 0 Å². The van der Waals surface area contributed by atoms with Gasteiger partial charge in [-0.2, -0.15) is 13.2 Å². The minimum absolute atomic E-state index is 0.00856. The lowest BCUT2D eigenvalue weighted by atomic mass is 9.99. The molecule has 0 atom stereocenters. The molecular formula is C15H17F3O4S. The van der Waals surface area contributed by atoms with E-state index in [0.717, 1.165) is 0 Å². The zero-order valence-corrected chi connectivity index (χ0v) is 13.5. The van der Waals surface area contributed by atoms with Crippen molar-refractivity contribution in [2.45, 2.75) is 30.7 Å². The third-order valence-corrected chi connectivity index (χ3v) is 3.48. The monoisotopic (exact) mass is 350 g/mol. The van der Waals surface area contributed by atoms with Crippen molar-refractivity contribution in [1.29, 1.82) is 0 Å². The summed E-state index contributed by atoms with van der Waals surface area (Å²) in [6.07, 6.45) is 0.00856. The summed E-state index contributed by atoms with van der Waals surface area (Å²) in [7, 11) is 0. The van der Waals surface area contributed by atoms with Crippen LogP contribution in [0.2, 0.25) is 0 Å². The van der Waals surface area contributed by atoms with Gasteiger partial charge in [-0.05, 0) is 49.7 Å². The Morgan fingerprint density at radius 3 is 1.91 bits per heavy atom. The highest BCUT2D eigenvalue weighted by Gasteiger charge is 2.31. The summed E-state index contributed by atoms with van der Waals surface area (Å²) in [5.41, 5.74) is -3.82. The van der Waals surface area contributed by atoms with Crippen molar-refractivity contribution in [3.8, 4) is 0 Å². The van der Waals surface area contributed by atoms with Crippen molar-refractivity contribution in [3.05, 3.63) is 29.8 Å². The Labute approximate surface area is 136 Å². The van der Waals surface area contributed by atoms with E-state index in [1.165, 1.54) is 24.3 Å². The third-order valence-electron chi connectivity index (χ3n) is 2.74. The Morgan fingerprint density at radius 2 is 1.52 bits per heavy atom. The number of carbonyl (C=O) groups is 2. The molecule has 0 unspecified atom stereocenters. The standard InChI is InChI=1S/C15H17F3O4S/c1-3-21-13(19)12(14(20)22-4-2)9-10-5-7-11(8-6-10)23-15(16,17)18/h5-8,12H,3-4,9H2,1-2H3. The van der Waals surface area contributed by atoms with Crippen LogP contribution < -0.4 is 0 Å². The van der Waals surface area contributed by atoms with Crippen molar-refractivity contribution in [3.63, 3.8) is 0 Å². The molecule has 0 saturated heterocycles. The maximum atomic E-state index is 12.3. The number of rotatable bonds is 7. The number of alkyl halides is 3. The first kappa shape index (κ1) is 19.3. The minimum atomic E-state index is -4.36. The predicted molar refractivity (Wildman–Crippen MR) is 78.8 cm³/mol. The summed E-state index contributed by atoms with van der Waals surface area (Å²) in [4.78, 5) is 23.7. The average molecular weight is 350 g/mol. The van der Waals surface area contributed by atoms with E-state index in [4.69, 9.17) is 9.47 Å². The molecule has 8 heteroatoms. The molecule has 0 radical (unpaired) electrons. The highest BCUT2D eigenvalue weighted by atomic mass is 32.2. The number of hydrogen-bond acceptors (Lipinski definition) is 5. The molecule has 128 valence electrons. The number of carbonyl (C=O) groups excluding carboxylic acids is 2. The predicted octanol–water partition coefficient (Wildman–Crippen LogP) is 3.58.